The fraction of sp³-hybridized carbons (Fsp3) is 0.316. The van der Waals surface area contributed by atoms with Gasteiger partial charge in [0.05, 0.1) is 16.6 Å². The monoisotopic (exact) mass is 426 g/mol. The molecule has 1 atom stereocenters. The number of pyridine rings is 1. The number of anilines is 1. The number of benzene rings is 1. The quantitative estimate of drug-likeness (QED) is 0.658. The van der Waals surface area contributed by atoms with Crippen molar-refractivity contribution < 1.29 is 22.7 Å². The van der Waals surface area contributed by atoms with Crippen LogP contribution in [0, 0.1) is 13.8 Å². The van der Waals surface area contributed by atoms with Gasteiger partial charge in [0.15, 0.2) is 11.8 Å². The highest BCUT2D eigenvalue weighted by Crippen LogP contribution is 2.37. The Morgan fingerprint density at radius 3 is 2.62 bits per heavy atom. The number of carbonyl (C=O) groups excluding carboxylic acids is 1. The standard InChI is InChI=1S/C19H18ClF3N4O2/c1-9-5-6-12(20)7-14(9)24-18(28)11(3)29-15-8-13(19(21,22)23)16-10(2)26-27(4)17(16)25-15/h5-8,11H,1-4H3,(H,24,28). The van der Waals surface area contributed by atoms with Gasteiger partial charge in [-0.1, -0.05) is 17.7 Å². The molecule has 0 saturated heterocycles. The predicted molar refractivity (Wildman–Crippen MR) is 103 cm³/mol. The highest BCUT2D eigenvalue weighted by Gasteiger charge is 2.36. The zero-order valence-electron chi connectivity index (χ0n) is 16.1. The van der Waals surface area contributed by atoms with Crippen LogP contribution < -0.4 is 10.1 Å². The minimum Gasteiger partial charge on any atom is -0.464 e. The molecule has 0 aliphatic heterocycles. The van der Waals surface area contributed by atoms with Gasteiger partial charge in [0.25, 0.3) is 5.91 Å². The van der Waals surface area contributed by atoms with Gasteiger partial charge in [0, 0.05) is 23.8 Å². The SMILES string of the molecule is Cc1ccc(Cl)cc1NC(=O)C(C)Oc1cc(C(F)(F)F)c2c(C)nn(C)c2n1. The van der Waals surface area contributed by atoms with Crippen molar-refractivity contribution in [2.24, 2.45) is 7.05 Å². The first-order valence-corrected chi connectivity index (χ1v) is 9.00. The Morgan fingerprint density at radius 2 is 1.97 bits per heavy atom. The van der Waals surface area contributed by atoms with Crippen molar-refractivity contribution in [1.82, 2.24) is 14.8 Å². The first kappa shape index (κ1) is 20.9. The molecule has 0 saturated carbocycles. The summed E-state index contributed by atoms with van der Waals surface area (Å²) in [5.41, 5.74) is 0.571. The van der Waals surface area contributed by atoms with E-state index in [2.05, 4.69) is 15.4 Å². The molecule has 0 radical (unpaired) electrons. The topological polar surface area (TPSA) is 69.0 Å². The summed E-state index contributed by atoms with van der Waals surface area (Å²) >= 11 is 5.93. The summed E-state index contributed by atoms with van der Waals surface area (Å²) < 4.78 is 47.3. The Hall–Kier alpha value is -2.81. The number of aromatic nitrogens is 3. The molecule has 1 aromatic carbocycles. The van der Waals surface area contributed by atoms with Crippen LogP contribution in [0.4, 0.5) is 18.9 Å². The fourth-order valence-electron chi connectivity index (χ4n) is 2.90. The summed E-state index contributed by atoms with van der Waals surface area (Å²) in [6.07, 6.45) is -5.73. The summed E-state index contributed by atoms with van der Waals surface area (Å²) in [7, 11) is 1.49. The normalized spacial score (nSPS) is 12.8. The lowest BCUT2D eigenvalue weighted by Crippen LogP contribution is -2.30. The molecule has 2 aromatic heterocycles. The van der Waals surface area contributed by atoms with Crippen LogP contribution in [0.25, 0.3) is 11.0 Å². The smallest absolute Gasteiger partial charge is 0.417 e. The number of carbonyl (C=O) groups is 1. The molecule has 10 heteroatoms. The van der Waals surface area contributed by atoms with Gasteiger partial charge in [0.2, 0.25) is 5.88 Å². The number of alkyl halides is 3. The van der Waals surface area contributed by atoms with Crippen molar-refractivity contribution in [3.8, 4) is 5.88 Å². The first-order chi connectivity index (χ1) is 13.5. The lowest BCUT2D eigenvalue weighted by Gasteiger charge is -2.17. The molecule has 0 aliphatic carbocycles. The van der Waals surface area contributed by atoms with Crippen LogP contribution in [0.15, 0.2) is 24.3 Å². The number of nitrogens with one attached hydrogen (secondary N) is 1. The van der Waals surface area contributed by atoms with Gasteiger partial charge in [-0.3, -0.25) is 9.48 Å². The van der Waals surface area contributed by atoms with Gasteiger partial charge in [-0.2, -0.15) is 23.3 Å². The minimum absolute atomic E-state index is 0.0191. The summed E-state index contributed by atoms with van der Waals surface area (Å²) in [5, 5.41) is 6.99. The fourth-order valence-corrected chi connectivity index (χ4v) is 3.08. The van der Waals surface area contributed by atoms with Gasteiger partial charge < -0.3 is 10.1 Å². The molecular weight excluding hydrogens is 409 g/mol. The van der Waals surface area contributed by atoms with E-state index in [-0.39, 0.29) is 22.6 Å². The number of amides is 1. The van der Waals surface area contributed by atoms with Gasteiger partial charge in [-0.05, 0) is 38.5 Å². The number of aryl methyl sites for hydroxylation is 3. The second kappa shape index (κ2) is 7.55. The van der Waals surface area contributed by atoms with Crippen LogP contribution in [0.2, 0.25) is 5.02 Å². The Kier molecular flexibility index (Phi) is 5.44. The number of ether oxygens (including phenoxy) is 1. The van der Waals surface area contributed by atoms with E-state index in [0.717, 1.165) is 11.6 Å². The zero-order valence-corrected chi connectivity index (χ0v) is 16.8. The Balaban J connectivity index is 1.90. The van der Waals surface area contributed by atoms with Crippen LogP contribution in [0.1, 0.15) is 23.7 Å². The number of hydrogen-bond donors (Lipinski definition) is 1. The van der Waals surface area contributed by atoms with E-state index in [1.54, 1.807) is 25.1 Å². The predicted octanol–water partition coefficient (Wildman–Crippen LogP) is 4.66. The van der Waals surface area contributed by atoms with Crippen molar-refractivity contribution in [2.45, 2.75) is 33.1 Å². The number of hydrogen-bond acceptors (Lipinski definition) is 4. The molecule has 3 aromatic rings. The second-order valence-corrected chi connectivity index (χ2v) is 7.06. The summed E-state index contributed by atoms with van der Waals surface area (Å²) in [4.78, 5) is 16.6. The van der Waals surface area contributed by atoms with E-state index in [4.69, 9.17) is 16.3 Å². The van der Waals surface area contributed by atoms with E-state index < -0.39 is 23.8 Å². The van der Waals surface area contributed by atoms with Gasteiger partial charge >= 0.3 is 6.18 Å². The average Bonchev–Trinajstić information content (AvgIpc) is 2.90. The van der Waals surface area contributed by atoms with Crippen LogP contribution in [-0.4, -0.2) is 26.8 Å². The summed E-state index contributed by atoms with van der Waals surface area (Å²) in [6, 6.07) is 5.77. The van der Waals surface area contributed by atoms with Crippen molar-refractivity contribution in [3.63, 3.8) is 0 Å². The molecule has 6 nitrogen and oxygen atoms in total. The van der Waals surface area contributed by atoms with Crippen LogP contribution in [0.3, 0.4) is 0 Å². The molecule has 2 heterocycles. The molecule has 1 N–H and O–H groups in total. The maximum atomic E-state index is 13.5. The van der Waals surface area contributed by atoms with E-state index in [1.165, 1.54) is 25.6 Å². The minimum atomic E-state index is -4.63. The van der Waals surface area contributed by atoms with Gasteiger partial charge in [-0.25, -0.2) is 0 Å². The van der Waals surface area contributed by atoms with E-state index >= 15 is 0 Å². The molecule has 0 bridgehead atoms. The number of fused-ring (bicyclic) bond motifs is 1. The maximum Gasteiger partial charge on any atom is 0.417 e. The summed E-state index contributed by atoms with van der Waals surface area (Å²) in [6.45, 7) is 4.68. The van der Waals surface area contributed by atoms with E-state index in [0.29, 0.717) is 10.7 Å². The van der Waals surface area contributed by atoms with Crippen molar-refractivity contribution in [2.75, 3.05) is 5.32 Å². The Labute approximate surface area is 169 Å². The molecule has 1 unspecified atom stereocenters. The molecule has 29 heavy (non-hydrogen) atoms. The van der Waals surface area contributed by atoms with Crippen LogP contribution in [-0.2, 0) is 18.0 Å². The van der Waals surface area contributed by atoms with Crippen molar-refractivity contribution in [1.29, 1.82) is 0 Å². The molecular formula is C19H18ClF3N4O2. The maximum absolute atomic E-state index is 13.5. The molecule has 1 amide bonds. The number of halogens is 4. The largest absolute Gasteiger partial charge is 0.464 e. The average molecular weight is 427 g/mol. The molecule has 0 aliphatic rings. The zero-order chi connectivity index (χ0) is 21.5. The highest BCUT2D eigenvalue weighted by molar-refractivity contribution is 6.31. The molecule has 3 rings (SSSR count). The third-order valence-corrected chi connectivity index (χ3v) is 4.61. The lowest BCUT2D eigenvalue weighted by atomic mass is 10.1. The number of nitrogens with zero attached hydrogens (tertiary/aromatic N) is 3. The van der Waals surface area contributed by atoms with Crippen molar-refractivity contribution >= 4 is 34.2 Å². The second-order valence-electron chi connectivity index (χ2n) is 6.62. The van der Waals surface area contributed by atoms with Gasteiger partial charge in [0.1, 0.15) is 0 Å². The Bertz CT molecular complexity index is 1100. The first-order valence-electron chi connectivity index (χ1n) is 8.62. The molecule has 154 valence electrons. The highest BCUT2D eigenvalue weighted by atomic mass is 35.5. The summed E-state index contributed by atoms with van der Waals surface area (Å²) in [5.74, 6) is -0.870. The van der Waals surface area contributed by atoms with E-state index in [9.17, 15) is 18.0 Å². The van der Waals surface area contributed by atoms with E-state index in [1.807, 2.05) is 0 Å². The third kappa shape index (κ3) is 4.29. The lowest BCUT2D eigenvalue weighted by molar-refractivity contribution is -0.136. The van der Waals surface area contributed by atoms with Crippen LogP contribution in [0.5, 0.6) is 5.88 Å². The van der Waals surface area contributed by atoms with Crippen molar-refractivity contribution in [3.05, 3.63) is 46.1 Å². The molecule has 0 spiro atoms. The van der Waals surface area contributed by atoms with Crippen LogP contribution >= 0.6 is 11.6 Å². The Morgan fingerprint density at radius 1 is 1.28 bits per heavy atom. The molecule has 0 fully saturated rings. The number of rotatable bonds is 4. The third-order valence-electron chi connectivity index (χ3n) is 4.37. The van der Waals surface area contributed by atoms with Gasteiger partial charge in [-0.15, -0.1) is 0 Å².